The summed E-state index contributed by atoms with van der Waals surface area (Å²) in [5, 5.41) is 14.5. The Morgan fingerprint density at radius 1 is 1.09 bits per heavy atom. The SMILES string of the molecule is C[C@@H](NC(=O)OCC1c2ccccc2-c2ccccc21)C(=O)NCc1ncc(C(=O)O)s1. The van der Waals surface area contributed by atoms with Gasteiger partial charge in [0.1, 0.15) is 22.5 Å². The largest absolute Gasteiger partial charge is 0.477 e. The molecule has 3 aromatic rings. The highest BCUT2D eigenvalue weighted by Gasteiger charge is 2.29. The zero-order chi connectivity index (χ0) is 22.7. The van der Waals surface area contributed by atoms with Gasteiger partial charge in [0, 0.05) is 5.92 Å². The number of aromatic carboxylic acids is 1. The lowest BCUT2D eigenvalue weighted by atomic mass is 9.98. The van der Waals surface area contributed by atoms with Crippen molar-refractivity contribution in [2.24, 2.45) is 0 Å². The van der Waals surface area contributed by atoms with Gasteiger partial charge in [-0.1, -0.05) is 48.5 Å². The number of alkyl carbamates (subject to hydrolysis) is 1. The summed E-state index contributed by atoms with van der Waals surface area (Å²) < 4.78 is 5.45. The lowest BCUT2D eigenvalue weighted by Crippen LogP contribution is -2.45. The first-order valence-electron chi connectivity index (χ1n) is 10.0. The molecule has 4 rings (SSSR count). The fourth-order valence-corrected chi connectivity index (χ4v) is 4.39. The van der Waals surface area contributed by atoms with E-state index in [9.17, 15) is 14.4 Å². The van der Waals surface area contributed by atoms with Crippen molar-refractivity contribution in [3.05, 3.63) is 75.7 Å². The molecule has 8 nitrogen and oxygen atoms in total. The summed E-state index contributed by atoms with van der Waals surface area (Å²) in [6.45, 7) is 1.78. The number of carbonyl (C=O) groups excluding carboxylic acids is 2. The van der Waals surface area contributed by atoms with Gasteiger partial charge in [-0.25, -0.2) is 14.6 Å². The Kier molecular flexibility index (Phi) is 6.18. The van der Waals surface area contributed by atoms with E-state index in [2.05, 4.69) is 27.8 Å². The van der Waals surface area contributed by atoms with Crippen LogP contribution in [0.25, 0.3) is 11.1 Å². The van der Waals surface area contributed by atoms with Gasteiger partial charge in [0.15, 0.2) is 0 Å². The predicted molar refractivity (Wildman–Crippen MR) is 119 cm³/mol. The highest BCUT2D eigenvalue weighted by atomic mass is 32.1. The molecule has 1 aromatic heterocycles. The van der Waals surface area contributed by atoms with E-state index in [0.29, 0.717) is 5.01 Å². The van der Waals surface area contributed by atoms with Gasteiger partial charge >= 0.3 is 12.1 Å². The molecule has 0 radical (unpaired) electrons. The summed E-state index contributed by atoms with van der Waals surface area (Å²) in [6, 6.07) is 15.3. The third-order valence-corrected chi connectivity index (χ3v) is 6.23. The van der Waals surface area contributed by atoms with Crippen molar-refractivity contribution in [2.75, 3.05) is 6.61 Å². The van der Waals surface area contributed by atoms with Crippen LogP contribution in [0.5, 0.6) is 0 Å². The highest BCUT2D eigenvalue weighted by molar-refractivity contribution is 7.13. The predicted octanol–water partition coefficient (Wildman–Crippen LogP) is 3.38. The molecule has 2 aromatic carbocycles. The quantitative estimate of drug-likeness (QED) is 0.507. The van der Waals surface area contributed by atoms with E-state index in [1.807, 2.05) is 36.4 Å². The maximum Gasteiger partial charge on any atom is 0.407 e. The van der Waals surface area contributed by atoms with E-state index in [4.69, 9.17) is 9.84 Å². The Labute approximate surface area is 188 Å². The molecule has 1 aliphatic carbocycles. The summed E-state index contributed by atoms with van der Waals surface area (Å²) in [5.74, 6) is -1.55. The Hall–Kier alpha value is -3.72. The monoisotopic (exact) mass is 451 g/mol. The van der Waals surface area contributed by atoms with Gasteiger partial charge in [0.2, 0.25) is 5.91 Å². The average Bonchev–Trinajstić information content (AvgIpc) is 3.39. The summed E-state index contributed by atoms with van der Waals surface area (Å²) in [4.78, 5) is 39.5. The molecule has 0 spiro atoms. The van der Waals surface area contributed by atoms with Gasteiger partial charge in [-0.05, 0) is 29.2 Å². The molecule has 0 unspecified atom stereocenters. The first kappa shape index (κ1) is 21.5. The minimum absolute atomic E-state index is 0.0642. The molecule has 0 fully saturated rings. The van der Waals surface area contributed by atoms with E-state index >= 15 is 0 Å². The Morgan fingerprint density at radius 3 is 2.31 bits per heavy atom. The van der Waals surface area contributed by atoms with Crippen molar-refractivity contribution >= 4 is 29.3 Å². The summed E-state index contributed by atoms with van der Waals surface area (Å²) in [7, 11) is 0. The molecule has 1 atom stereocenters. The van der Waals surface area contributed by atoms with E-state index < -0.39 is 24.0 Å². The van der Waals surface area contributed by atoms with Crippen molar-refractivity contribution < 1.29 is 24.2 Å². The zero-order valence-corrected chi connectivity index (χ0v) is 18.0. The maximum absolute atomic E-state index is 12.3. The van der Waals surface area contributed by atoms with E-state index in [0.717, 1.165) is 33.6 Å². The molecule has 1 heterocycles. The fraction of sp³-hybridized carbons (Fsp3) is 0.217. The van der Waals surface area contributed by atoms with Gasteiger partial charge in [0.05, 0.1) is 12.7 Å². The van der Waals surface area contributed by atoms with Crippen LogP contribution in [0.15, 0.2) is 54.7 Å². The Balaban J connectivity index is 1.30. The minimum Gasteiger partial charge on any atom is -0.477 e. The Bertz CT molecular complexity index is 1130. The van der Waals surface area contributed by atoms with Gasteiger partial charge in [-0.15, -0.1) is 11.3 Å². The normalized spacial score (nSPS) is 13.0. The molecule has 2 amide bonds. The van der Waals surface area contributed by atoms with E-state index in [1.165, 1.54) is 6.20 Å². The van der Waals surface area contributed by atoms with Crippen molar-refractivity contribution in [1.82, 2.24) is 15.6 Å². The molecule has 3 N–H and O–H groups in total. The number of rotatable bonds is 7. The molecule has 1 aliphatic rings. The number of ether oxygens (including phenoxy) is 1. The smallest absolute Gasteiger partial charge is 0.407 e. The Morgan fingerprint density at radius 2 is 1.72 bits per heavy atom. The van der Waals surface area contributed by atoms with Crippen molar-refractivity contribution in [2.45, 2.75) is 25.4 Å². The van der Waals surface area contributed by atoms with E-state index in [-0.39, 0.29) is 23.9 Å². The van der Waals surface area contributed by atoms with Crippen LogP contribution in [0.2, 0.25) is 0 Å². The summed E-state index contributed by atoms with van der Waals surface area (Å²) >= 11 is 0.982. The van der Waals surface area contributed by atoms with Crippen LogP contribution in [-0.4, -0.2) is 40.7 Å². The number of fused-ring (bicyclic) bond motifs is 3. The van der Waals surface area contributed by atoms with Crippen molar-refractivity contribution in [3.63, 3.8) is 0 Å². The molecule has 0 bridgehead atoms. The average molecular weight is 452 g/mol. The molecule has 32 heavy (non-hydrogen) atoms. The summed E-state index contributed by atoms with van der Waals surface area (Å²) in [6.07, 6.45) is 0.560. The van der Waals surface area contributed by atoms with Crippen LogP contribution in [0.1, 0.15) is 38.6 Å². The minimum atomic E-state index is -1.06. The summed E-state index contributed by atoms with van der Waals surface area (Å²) in [5.41, 5.74) is 4.49. The number of amides is 2. The molecule has 9 heteroatoms. The molecular weight excluding hydrogens is 430 g/mol. The number of thiazole rings is 1. The second-order valence-corrected chi connectivity index (χ2v) is 8.45. The molecule has 164 valence electrons. The van der Waals surface area contributed by atoms with Gasteiger partial charge in [-0.3, -0.25) is 4.79 Å². The van der Waals surface area contributed by atoms with Gasteiger partial charge in [-0.2, -0.15) is 0 Å². The molecular formula is C23H21N3O5S. The number of nitrogens with one attached hydrogen (secondary N) is 2. The lowest BCUT2D eigenvalue weighted by Gasteiger charge is -2.17. The third kappa shape index (κ3) is 4.47. The molecule has 0 saturated carbocycles. The first-order chi connectivity index (χ1) is 15.4. The molecule has 0 saturated heterocycles. The van der Waals surface area contributed by atoms with Crippen LogP contribution in [0.4, 0.5) is 4.79 Å². The number of benzene rings is 2. The number of aromatic nitrogens is 1. The van der Waals surface area contributed by atoms with Crippen LogP contribution in [-0.2, 0) is 16.1 Å². The van der Waals surface area contributed by atoms with Crippen LogP contribution in [0, 0.1) is 0 Å². The fourth-order valence-electron chi connectivity index (χ4n) is 3.69. The number of carboxylic acid groups (broad SMARTS) is 1. The second kappa shape index (κ2) is 9.19. The zero-order valence-electron chi connectivity index (χ0n) is 17.2. The van der Waals surface area contributed by atoms with Crippen LogP contribution in [0.3, 0.4) is 0 Å². The van der Waals surface area contributed by atoms with Crippen molar-refractivity contribution in [3.8, 4) is 11.1 Å². The number of carboxylic acids is 1. The van der Waals surface area contributed by atoms with E-state index in [1.54, 1.807) is 6.92 Å². The topological polar surface area (TPSA) is 118 Å². The van der Waals surface area contributed by atoms with Gasteiger partial charge in [0.25, 0.3) is 0 Å². The highest BCUT2D eigenvalue weighted by Crippen LogP contribution is 2.44. The first-order valence-corrected chi connectivity index (χ1v) is 10.8. The number of nitrogens with zero attached hydrogens (tertiary/aromatic N) is 1. The van der Waals surface area contributed by atoms with Crippen LogP contribution < -0.4 is 10.6 Å². The van der Waals surface area contributed by atoms with Gasteiger partial charge < -0.3 is 20.5 Å². The van der Waals surface area contributed by atoms with Crippen LogP contribution >= 0.6 is 11.3 Å². The number of carbonyl (C=O) groups is 3. The number of hydrogen-bond donors (Lipinski definition) is 3. The number of hydrogen-bond acceptors (Lipinski definition) is 6. The second-order valence-electron chi connectivity index (χ2n) is 7.33. The van der Waals surface area contributed by atoms with Crippen molar-refractivity contribution in [1.29, 1.82) is 0 Å². The lowest BCUT2D eigenvalue weighted by molar-refractivity contribution is -0.122. The maximum atomic E-state index is 12.3. The third-order valence-electron chi connectivity index (χ3n) is 5.25. The standard InChI is InChI=1S/C23H21N3O5S/c1-13(21(27)25-11-20-24-10-19(32-20)22(28)29)26-23(30)31-12-18-16-8-4-2-6-14(16)15-7-3-5-9-17(15)18/h2-10,13,18H,11-12H2,1H3,(H,25,27)(H,26,30)(H,28,29)/t13-/m1/s1. The molecule has 0 aliphatic heterocycles.